The Bertz CT molecular complexity index is 1240. The summed E-state index contributed by atoms with van der Waals surface area (Å²) < 4.78 is 1.88. The minimum atomic E-state index is -0.789. The molecule has 3 aromatic rings. The summed E-state index contributed by atoms with van der Waals surface area (Å²) >= 11 is 6.43. The predicted molar refractivity (Wildman–Crippen MR) is 127 cm³/mol. The number of carbonyl (C=O) groups excluding carboxylic acids is 1. The average molecular weight is 453 g/mol. The smallest absolute Gasteiger partial charge is 0.267 e. The number of aromatic nitrogens is 2. The Labute approximate surface area is 188 Å². The van der Waals surface area contributed by atoms with Crippen LogP contribution in [0.25, 0.3) is 11.7 Å². The molecular formula is C22H20N4O3S2. The van der Waals surface area contributed by atoms with Gasteiger partial charge >= 0.3 is 0 Å². The third-order valence-electron chi connectivity index (χ3n) is 4.88. The summed E-state index contributed by atoms with van der Waals surface area (Å²) in [7, 11) is 0. The second kappa shape index (κ2) is 9.01. The summed E-state index contributed by atoms with van der Waals surface area (Å²) in [6, 6.07) is 14.5. The van der Waals surface area contributed by atoms with Gasteiger partial charge < -0.3 is 10.4 Å². The van der Waals surface area contributed by atoms with Gasteiger partial charge in [0.2, 0.25) is 0 Å². The number of benzene rings is 1. The van der Waals surface area contributed by atoms with Gasteiger partial charge in [-0.2, -0.15) is 0 Å². The maximum absolute atomic E-state index is 13.2. The fraction of sp³-hybridized carbons (Fsp3) is 0.182. The largest absolute Gasteiger partial charge is 0.387 e. The Kier molecular flexibility index (Phi) is 6.17. The van der Waals surface area contributed by atoms with E-state index in [1.54, 1.807) is 24.4 Å². The lowest BCUT2D eigenvalue weighted by Crippen LogP contribution is -2.27. The van der Waals surface area contributed by atoms with E-state index < -0.39 is 6.10 Å². The van der Waals surface area contributed by atoms with Crippen molar-refractivity contribution in [1.29, 1.82) is 0 Å². The highest BCUT2D eigenvalue weighted by Crippen LogP contribution is 2.32. The van der Waals surface area contributed by atoms with Crippen LogP contribution in [0.1, 0.15) is 24.2 Å². The molecule has 0 unspecified atom stereocenters. The van der Waals surface area contributed by atoms with Gasteiger partial charge in [0.1, 0.15) is 15.8 Å². The maximum Gasteiger partial charge on any atom is 0.267 e. The SMILES string of the molecule is CCN1C(=O)/C(=C/c2c(NC[C@@H](O)c3ccccc3)nc3ccccn3c2=O)SC1=S. The van der Waals surface area contributed by atoms with Crippen LogP contribution in [0, 0.1) is 0 Å². The minimum absolute atomic E-state index is 0.149. The fourth-order valence-electron chi connectivity index (χ4n) is 3.26. The summed E-state index contributed by atoms with van der Waals surface area (Å²) in [5.41, 5.74) is 1.13. The van der Waals surface area contributed by atoms with Crippen LogP contribution in [0.4, 0.5) is 5.82 Å². The van der Waals surface area contributed by atoms with E-state index in [2.05, 4.69) is 10.3 Å². The molecular weight excluding hydrogens is 432 g/mol. The first kappa shape index (κ1) is 21.2. The second-order valence-corrected chi connectivity index (χ2v) is 8.52. The molecule has 0 aliphatic carbocycles. The molecule has 1 amide bonds. The first-order valence-corrected chi connectivity index (χ1v) is 11.0. The summed E-state index contributed by atoms with van der Waals surface area (Å²) in [6.45, 7) is 2.46. The zero-order valence-electron chi connectivity index (χ0n) is 16.7. The quantitative estimate of drug-likeness (QED) is 0.439. The van der Waals surface area contributed by atoms with Gasteiger partial charge in [-0.25, -0.2) is 4.98 Å². The van der Waals surface area contributed by atoms with E-state index in [-0.39, 0.29) is 23.6 Å². The van der Waals surface area contributed by atoms with Crippen molar-refractivity contribution in [2.75, 3.05) is 18.4 Å². The highest BCUT2D eigenvalue weighted by molar-refractivity contribution is 8.26. The molecule has 1 aliphatic rings. The summed E-state index contributed by atoms with van der Waals surface area (Å²) in [4.78, 5) is 32.3. The van der Waals surface area contributed by atoms with Crippen molar-refractivity contribution in [3.63, 3.8) is 0 Å². The first-order chi connectivity index (χ1) is 15.0. The van der Waals surface area contributed by atoms with E-state index in [4.69, 9.17) is 12.2 Å². The van der Waals surface area contributed by atoms with Gasteiger partial charge in [0.25, 0.3) is 11.5 Å². The summed E-state index contributed by atoms with van der Waals surface area (Å²) in [5.74, 6) is 0.0678. The van der Waals surface area contributed by atoms with E-state index in [0.29, 0.717) is 27.2 Å². The second-order valence-electron chi connectivity index (χ2n) is 6.84. The van der Waals surface area contributed by atoms with Gasteiger partial charge in [-0.1, -0.05) is 60.4 Å². The van der Waals surface area contributed by atoms with E-state index in [1.165, 1.54) is 15.4 Å². The number of carbonyl (C=O) groups is 1. The van der Waals surface area contributed by atoms with Gasteiger partial charge in [0, 0.05) is 19.3 Å². The Morgan fingerprint density at radius 2 is 1.94 bits per heavy atom. The van der Waals surface area contributed by atoms with E-state index >= 15 is 0 Å². The molecule has 2 aromatic heterocycles. The van der Waals surface area contributed by atoms with Crippen molar-refractivity contribution < 1.29 is 9.90 Å². The van der Waals surface area contributed by atoms with Crippen molar-refractivity contribution >= 4 is 51.7 Å². The zero-order chi connectivity index (χ0) is 22.0. The molecule has 1 fully saturated rings. The molecule has 0 radical (unpaired) electrons. The molecule has 1 aromatic carbocycles. The molecule has 3 heterocycles. The highest BCUT2D eigenvalue weighted by atomic mass is 32.2. The Morgan fingerprint density at radius 1 is 1.19 bits per heavy atom. The van der Waals surface area contributed by atoms with Gasteiger partial charge in [-0.05, 0) is 30.7 Å². The number of nitrogens with one attached hydrogen (secondary N) is 1. The number of thioether (sulfide) groups is 1. The van der Waals surface area contributed by atoms with Crippen LogP contribution in [0.3, 0.4) is 0 Å². The molecule has 0 spiro atoms. The third kappa shape index (κ3) is 4.25. The van der Waals surface area contributed by atoms with Crippen LogP contribution < -0.4 is 10.9 Å². The van der Waals surface area contributed by atoms with Crippen molar-refractivity contribution in [2.45, 2.75) is 13.0 Å². The molecule has 1 aliphatic heterocycles. The van der Waals surface area contributed by atoms with Crippen molar-refractivity contribution in [3.05, 3.63) is 81.1 Å². The maximum atomic E-state index is 13.2. The van der Waals surface area contributed by atoms with Crippen molar-refractivity contribution in [2.24, 2.45) is 0 Å². The Balaban J connectivity index is 1.74. The van der Waals surface area contributed by atoms with Gasteiger partial charge in [0.05, 0.1) is 16.6 Å². The van der Waals surface area contributed by atoms with E-state index in [0.717, 1.165) is 17.3 Å². The molecule has 7 nitrogen and oxygen atoms in total. The number of anilines is 1. The van der Waals surface area contributed by atoms with Crippen LogP contribution in [0.2, 0.25) is 0 Å². The number of pyridine rings is 1. The lowest BCUT2D eigenvalue weighted by Gasteiger charge is -2.15. The minimum Gasteiger partial charge on any atom is -0.387 e. The van der Waals surface area contributed by atoms with Crippen molar-refractivity contribution in [1.82, 2.24) is 14.3 Å². The molecule has 9 heteroatoms. The number of hydrogen-bond donors (Lipinski definition) is 2. The number of aliphatic hydroxyl groups is 1. The molecule has 0 bridgehead atoms. The monoisotopic (exact) mass is 452 g/mol. The van der Waals surface area contributed by atoms with Crippen LogP contribution in [-0.4, -0.2) is 42.7 Å². The van der Waals surface area contributed by atoms with Gasteiger partial charge in [-0.15, -0.1) is 0 Å². The molecule has 4 rings (SSSR count). The van der Waals surface area contributed by atoms with Gasteiger partial charge in [0.15, 0.2) is 0 Å². The summed E-state index contributed by atoms with van der Waals surface area (Å²) in [6.07, 6.45) is 2.37. The summed E-state index contributed by atoms with van der Waals surface area (Å²) in [5, 5.41) is 13.6. The third-order valence-corrected chi connectivity index (χ3v) is 6.26. The number of fused-ring (bicyclic) bond motifs is 1. The normalized spacial score (nSPS) is 16.3. The average Bonchev–Trinajstić information content (AvgIpc) is 3.06. The molecule has 0 saturated carbocycles. The zero-order valence-corrected chi connectivity index (χ0v) is 18.3. The van der Waals surface area contributed by atoms with E-state index in [1.807, 2.05) is 37.3 Å². The van der Waals surface area contributed by atoms with E-state index in [9.17, 15) is 14.7 Å². The number of aliphatic hydroxyl groups excluding tert-OH is 1. The molecule has 1 saturated heterocycles. The van der Waals surface area contributed by atoms with Crippen LogP contribution >= 0.6 is 24.0 Å². The number of hydrogen-bond acceptors (Lipinski definition) is 7. The molecule has 31 heavy (non-hydrogen) atoms. The fourth-order valence-corrected chi connectivity index (χ4v) is 4.62. The van der Waals surface area contributed by atoms with Crippen LogP contribution in [0.5, 0.6) is 0 Å². The lowest BCUT2D eigenvalue weighted by molar-refractivity contribution is -0.121. The molecule has 1 atom stereocenters. The van der Waals surface area contributed by atoms with Crippen molar-refractivity contribution in [3.8, 4) is 0 Å². The number of nitrogens with zero attached hydrogens (tertiary/aromatic N) is 3. The number of rotatable bonds is 6. The van der Waals surface area contributed by atoms with Crippen LogP contribution in [0.15, 0.2) is 64.4 Å². The first-order valence-electron chi connectivity index (χ1n) is 9.73. The van der Waals surface area contributed by atoms with Crippen LogP contribution in [-0.2, 0) is 4.79 Å². The van der Waals surface area contributed by atoms with Gasteiger partial charge in [-0.3, -0.25) is 18.9 Å². The Hall–Kier alpha value is -3.01. The molecule has 2 N–H and O–H groups in total. The topological polar surface area (TPSA) is 86.9 Å². The molecule has 158 valence electrons. The highest BCUT2D eigenvalue weighted by Gasteiger charge is 2.31. The Morgan fingerprint density at radius 3 is 2.65 bits per heavy atom. The lowest BCUT2D eigenvalue weighted by atomic mass is 10.1. The standard InChI is InChI=1S/C22H20N4O3S2/c1-2-25-21(29)17(31-22(25)30)12-15-19(23-13-16(27)14-8-4-3-5-9-14)24-18-10-6-7-11-26(18)20(15)28/h3-12,16,23,27H,2,13H2,1H3/b17-12-/t16-/m1/s1. The number of amides is 1. The predicted octanol–water partition coefficient (Wildman–Crippen LogP) is 3.06. The number of likely N-dealkylation sites (N-methyl/N-ethyl adjacent to an activating group) is 1. The number of thiocarbonyl (C=S) groups is 1.